The molecule has 1 aromatic carbocycles. The third kappa shape index (κ3) is 4.81. The Labute approximate surface area is 199 Å². The third-order valence-corrected chi connectivity index (χ3v) is 7.26. The Hall–Kier alpha value is -3.59. The number of benzene rings is 1. The normalized spacial score (nSPS) is 14.0. The van der Waals surface area contributed by atoms with E-state index in [1.807, 2.05) is 31.4 Å². The van der Waals surface area contributed by atoms with Gasteiger partial charge in [0, 0.05) is 41.8 Å². The molecule has 0 unspecified atom stereocenters. The topological polar surface area (TPSA) is 118 Å². The van der Waals surface area contributed by atoms with Crippen molar-refractivity contribution < 1.29 is 18.1 Å². The van der Waals surface area contributed by atoms with Crippen molar-refractivity contribution in [2.75, 3.05) is 24.0 Å². The zero-order valence-corrected chi connectivity index (χ0v) is 20.2. The van der Waals surface area contributed by atoms with Crippen LogP contribution in [0.15, 0.2) is 36.5 Å². The Morgan fingerprint density at radius 1 is 1.17 bits per heavy atom. The van der Waals surface area contributed by atoms with Gasteiger partial charge in [-0.15, -0.1) is 0 Å². The molecule has 0 saturated heterocycles. The summed E-state index contributed by atoms with van der Waals surface area (Å²) in [6.45, 7) is 3.31. The highest BCUT2D eigenvalue weighted by atomic mass is 31.2. The molecular formula is C23H24F2N7O2P. The fourth-order valence-corrected chi connectivity index (χ4v) is 4.96. The summed E-state index contributed by atoms with van der Waals surface area (Å²) >= 11 is 0. The number of anilines is 3. The van der Waals surface area contributed by atoms with E-state index in [1.54, 1.807) is 30.1 Å². The van der Waals surface area contributed by atoms with Crippen LogP contribution in [0.3, 0.4) is 0 Å². The first-order chi connectivity index (χ1) is 16.6. The van der Waals surface area contributed by atoms with E-state index in [1.165, 1.54) is 0 Å². The number of H-pyrrole nitrogens is 1. The van der Waals surface area contributed by atoms with Crippen molar-refractivity contribution in [3.63, 3.8) is 0 Å². The summed E-state index contributed by atoms with van der Waals surface area (Å²) in [6.07, 6.45) is 0.628. The predicted octanol–water partition coefficient (Wildman–Crippen LogP) is 4.64. The fraction of sp³-hybridized carbons (Fsp3) is 0.304. The van der Waals surface area contributed by atoms with Crippen LogP contribution in [0.25, 0.3) is 22.4 Å². The summed E-state index contributed by atoms with van der Waals surface area (Å²) in [5.74, 6) is -0.532. The van der Waals surface area contributed by atoms with E-state index in [2.05, 4.69) is 30.7 Å². The molecule has 1 fully saturated rings. The van der Waals surface area contributed by atoms with E-state index in [-0.39, 0.29) is 28.8 Å². The van der Waals surface area contributed by atoms with Gasteiger partial charge in [0.2, 0.25) is 5.91 Å². The molecule has 0 radical (unpaired) electrons. The highest BCUT2D eigenvalue weighted by Crippen LogP contribution is 2.41. The van der Waals surface area contributed by atoms with Crippen LogP contribution >= 0.6 is 7.14 Å². The van der Waals surface area contributed by atoms with Crippen molar-refractivity contribution in [1.29, 1.82) is 0 Å². The van der Waals surface area contributed by atoms with Gasteiger partial charge in [-0.3, -0.25) is 9.48 Å². The minimum atomic E-state index is -2.82. The lowest BCUT2D eigenvalue weighted by Crippen LogP contribution is -2.15. The maximum atomic E-state index is 13.4. The summed E-state index contributed by atoms with van der Waals surface area (Å²) in [4.78, 5) is 23.1. The number of fused-ring (bicyclic) bond motifs is 1. The van der Waals surface area contributed by atoms with Crippen molar-refractivity contribution in [2.45, 2.75) is 19.3 Å². The summed E-state index contributed by atoms with van der Waals surface area (Å²) in [7, 11) is -0.958. The molecule has 4 aromatic rings. The number of aromatic amines is 1. The van der Waals surface area contributed by atoms with Gasteiger partial charge in [-0.1, -0.05) is 6.07 Å². The Morgan fingerprint density at radius 3 is 2.57 bits per heavy atom. The number of alkyl halides is 2. The predicted molar refractivity (Wildman–Crippen MR) is 131 cm³/mol. The summed E-state index contributed by atoms with van der Waals surface area (Å²) in [6, 6.07) is 8.83. The van der Waals surface area contributed by atoms with Gasteiger partial charge in [0.15, 0.2) is 11.5 Å². The molecule has 12 heteroatoms. The number of aryl methyl sites for hydroxylation is 1. The van der Waals surface area contributed by atoms with Crippen LogP contribution in [0.5, 0.6) is 0 Å². The zero-order chi connectivity index (χ0) is 24.9. The number of nitrogens with zero attached hydrogens (tertiary/aromatic N) is 4. The molecule has 0 spiro atoms. The first kappa shape index (κ1) is 23.2. The van der Waals surface area contributed by atoms with E-state index in [0.717, 1.165) is 24.1 Å². The monoisotopic (exact) mass is 499 g/mol. The molecular weight excluding hydrogens is 475 g/mol. The van der Waals surface area contributed by atoms with Gasteiger partial charge in [0.1, 0.15) is 18.5 Å². The maximum absolute atomic E-state index is 13.4. The third-order valence-electron chi connectivity index (χ3n) is 5.73. The average molecular weight is 499 g/mol. The molecule has 182 valence electrons. The van der Waals surface area contributed by atoms with Crippen molar-refractivity contribution >= 4 is 46.7 Å². The standard InChI is InChI=1S/C23H24F2N7O2P/c1-32-9-8-14(31-32)13-6-7-15(17(10-13)35(2,3)34)26-16-11-18(28-23(33)12-4-5-12)27-21-19(16)29-22(30-21)20(24)25/h6-12,20H,4-5H2,1-3H3,(H3,26,27,28,29,30,33). The number of hydrogen-bond acceptors (Lipinski definition) is 6. The lowest BCUT2D eigenvalue weighted by atomic mass is 10.1. The van der Waals surface area contributed by atoms with Crippen molar-refractivity contribution in [2.24, 2.45) is 13.0 Å². The number of amides is 1. The molecule has 35 heavy (non-hydrogen) atoms. The first-order valence-electron chi connectivity index (χ1n) is 11.0. The van der Waals surface area contributed by atoms with Crippen LogP contribution in [-0.2, 0) is 16.4 Å². The van der Waals surface area contributed by atoms with Gasteiger partial charge in [-0.25, -0.2) is 18.7 Å². The molecule has 5 rings (SSSR count). The van der Waals surface area contributed by atoms with Crippen molar-refractivity contribution in [3.8, 4) is 11.3 Å². The second kappa shape index (κ2) is 8.57. The van der Waals surface area contributed by atoms with E-state index < -0.39 is 19.4 Å². The van der Waals surface area contributed by atoms with Gasteiger partial charge in [-0.2, -0.15) is 5.10 Å². The van der Waals surface area contributed by atoms with Crippen LogP contribution in [-0.4, -0.2) is 44.0 Å². The van der Waals surface area contributed by atoms with Crippen LogP contribution in [0.1, 0.15) is 25.1 Å². The minimum Gasteiger partial charge on any atom is -0.353 e. The van der Waals surface area contributed by atoms with Gasteiger partial charge >= 0.3 is 0 Å². The molecule has 0 bridgehead atoms. The second-order valence-corrected chi connectivity index (χ2v) is 12.2. The lowest BCUT2D eigenvalue weighted by Gasteiger charge is -2.17. The van der Waals surface area contributed by atoms with E-state index in [0.29, 0.717) is 16.7 Å². The number of hydrogen-bond donors (Lipinski definition) is 3. The first-order valence-corrected chi connectivity index (χ1v) is 13.6. The molecule has 0 atom stereocenters. The SMILES string of the molecule is Cn1ccc(-c2ccc(Nc3cc(NC(=O)C4CC4)nc4[nH]c(C(F)F)nc34)c(P(C)(C)=O)c2)n1. The van der Waals surface area contributed by atoms with Crippen LogP contribution < -0.4 is 15.9 Å². The Balaban J connectivity index is 1.59. The number of rotatable bonds is 7. The van der Waals surface area contributed by atoms with E-state index in [4.69, 9.17) is 0 Å². The van der Waals surface area contributed by atoms with Gasteiger partial charge < -0.3 is 20.2 Å². The number of carbonyl (C=O) groups is 1. The van der Waals surface area contributed by atoms with E-state index >= 15 is 0 Å². The average Bonchev–Trinajstić information content (AvgIpc) is 3.41. The largest absolute Gasteiger partial charge is 0.353 e. The molecule has 1 saturated carbocycles. The molecule has 1 aliphatic rings. The quantitative estimate of drug-likeness (QED) is 0.319. The second-order valence-electron chi connectivity index (χ2n) is 9.02. The molecule has 9 nitrogen and oxygen atoms in total. The Morgan fingerprint density at radius 2 is 1.94 bits per heavy atom. The lowest BCUT2D eigenvalue weighted by molar-refractivity contribution is -0.117. The van der Waals surface area contributed by atoms with Crippen molar-refractivity contribution in [3.05, 3.63) is 42.4 Å². The Bertz CT molecular complexity index is 1490. The van der Waals surface area contributed by atoms with Gasteiger partial charge in [0.25, 0.3) is 6.43 Å². The summed E-state index contributed by atoms with van der Waals surface area (Å²) in [5.41, 5.74) is 2.72. The van der Waals surface area contributed by atoms with Crippen LogP contribution in [0.2, 0.25) is 0 Å². The maximum Gasteiger partial charge on any atom is 0.295 e. The highest BCUT2D eigenvalue weighted by molar-refractivity contribution is 7.70. The number of nitrogens with one attached hydrogen (secondary N) is 3. The molecule has 0 aliphatic heterocycles. The smallest absolute Gasteiger partial charge is 0.295 e. The number of imidazole rings is 1. The highest BCUT2D eigenvalue weighted by Gasteiger charge is 2.30. The molecule has 3 N–H and O–H groups in total. The zero-order valence-electron chi connectivity index (χ0n) is 19.3. The van der Waals surface area contributed by atoms with Crippen molar-refractivity contribution in [1.82, 2.24) is 24.7 Å². The van der Waals surface area contributed by atoms with Gasteiger partial charge in [-0.05, 0) is 44.4 Å². The molecule has 1 aliphatic carbocycles. The summed E-state index contributed by atoms with van der Waals surface area (Å²) < 4.78 is 41.6. The van der Waals surface area contributed by atoms with Gasteiger partial charge in [0.05, 0.1) is 11.4 Å². The number of pyridine rings is 1. The number of aromatic nitrogens is 5. The molecule has 3 aromatic heterocycles. The number of halogens is 2. The molecule has 3 heterocycles. The van der Waals surface area contributed by atoms with Crippen LogP contribution in [0.4, 0.5) is 26.0 Å². The minimum absolute atomic E-state index is 0.0564. The van der Waals surface area contributed by atoms with Crippen LogP contribution in [0, 0.1) is 5.92 Å². The van der Waals surface area contributed by atoms with E-state index in [9.17, 15) is 18.1 Å². The number of carbonyl (C=O) groups excluding carboxylic acids is 1. The molecule has 1 amide bonds. The summed E-state index contributed by atoms with van der Waals surface area (Å²) in [5, 5.41) is 10.9. The fourth-order valence-electron chi connectivity index (χ4n) is 3.80. The Kier molecular flexibility index (Phi) is 5.67.